The van der Waals surface area contributed by atoms with Gasteiger partial charge in [-0.05, 0) is 51.3 Å². The van der Waals surface area contributed by atoms with Crippen LogP contribution in [0.4, 0.5) is 5.95 Å². The molecule has 0 saturated heterocycles. The number of methoxy groups -OCH3 is 3. The van der Waals surface area contributed by atoms with E-state index in [1.165, 1.54) is 39.0 Å². The number of ether oxygens (including phenoxy) is 3. The van der Waals surface area contributed by atoms with Crippen LogP contribution in [0.15, 0.2) is 57.9 Å². The molecule has 2 atom stereocenters. The van der Waals surface area contributed by atoms with Gasteiger partial charge in [0.2, 0.25) is 16.0 Å². The minimum Gasteiger partial charge on any atom is -0.494 e. The number of allylic oxidation sites excluding steroid dienone is 1. The Hall–Kier alpha value is -3.81. The van der Waals surface area contributed by atoms with Gasteiger partial charge in [0.1, 0.15) is 28.5 Å². The van der Waals surface area contributed by atoms with Crippen LogP contribution in [0.2, 0.25) is 0 Å². The summed E-state index contributed by atoms with van der Waals surface area (Å²) in [6.07, 6.45) is 3.54. The lowest BCUT2D eigenvalue weighted by Gasteiger charge is -2.23. The van der Waals surface area contributed by atoms with E-state index in [4.69, 9.17) is 25.8 Å². The smallest absolute Gasteiger partial charge is 0.243 e. The maximum absolute atomic E-state index is 13.6. The molecule has 39 heavy (non-hydrogen) atoms. The first-order chi connectivity index (χ1) is 18.6. The molecule has 0 aliphatic rings. The zero-order valence-corrected chi connectivity index (χ0v) is 24.0. The number of aryl methyl sites for hydroxylation is 1. The molecule has 0 amide bonds. The normalized spacial score (nSPS) is 14.0. The fraction of sp³-hybridized carbons (Fsp3) is 0.320. The van der Waals surface area contributed by atoms with E-state index >= 15 is 0 Å². The second-order valence-corrected chi connectivity index (χ2v) is 10.9. The van der Waals surface area contributed by atoms with Crippen LogP contribution in [0.3, 0.4) is 0 Å². The molecule has 0 bridgehead atoms. The third kappa shape index (κ3) is 6.61. The van der Waals surface area contributed by atoms with E-state index in [1.54, 1.807) is 37.5 Å². The Morgan fingerprint density at radius 2 is 1.85 bits per heavy atom. The summed E-state index contributed by atoms with van der Waals surface area (Å²) in [5.74, 6) is 1.02. The number of pyridine rings is 1. The third-order valence-corrected chi connectivity index (χ3v) is 7.41. The summed E-state index contributed by atoms with van der Waals surface area (Å²) in [7, 11) is 0.148. The molecule has 1 N–H and O–H groups in total. The topological polar surface area (TPSA) is 142 Å². The molecule has 0 fully saturated rings. The molecule has 1 aromatic carbocycles. The molecule has 14 heteroatoms. The minimum absolute atomic E-state index is 0.0368. The summed E-state index contributed by atoms with van der Waals surface area (Å²) in [5.41, 5.74) is 1.85. The van der Waals surface area contributed by atoms with Crippen molar-refractivity contribution in [2.75, 3.05) is 26.1 Å². The van der Waals surface area contributed by atoms with Gasteiger partial charge in [-0.2, -0.15) is 0 Å². The lowest BCUT2D eigenvalue weighted by Crippen LogP contribution is -2.41. The van der Waals surface area contributed by atoms with Crippen molar-refractivity contribution < 1.29 is 22.6 Å². The molecule has 3 rings (SSSR count). The van der Waals surface area contributed by atoms with Crippen molar-refractivity contribution >= 4 is 40.1 Å². The van der Waals surface area contributed by atoms with Crippen LogP contribution in [0.25, 0.3) is 17.1 Å². The number of aromatic nitrogens is 4. The molecule has 0 radical (unpaired) electrons. The van der Waals surface area contributed by atoms with Gasteiger partial charge in [-0.15, -0.1) is 10.2 Å². The third-order valence-electron chi connectivity index (χ3n) is 5.62. The van der Waals surface area contributed by atoms with Gasteiger partial charge in [0, 0.05) is 36.3 Å². The van der Waals surface area contributed by atoms with Crippen molar-refractivity contribution in [3.05, 3.63) is 53.5 Å². The number of hydrogen-bond donors (Lipinski definition) is 1. The summed E-state index contributed by atoms with van der Waals surface area (Å²) in [6, 6.07) is 7.02. The molecule has 0 aliphatic heterocycles. The zero-order chi connectivity index (χ0) is 28.7. The number of para-hydroxylation sites is 1. The molecule has 208 valence electrons. The Morgan fingerprint density at radius 1 is 1.18 bits per heavy atom. The number of aliphatic imine (C=N–C) groups is 2. The maximum Gasteiger partial charge on any atom is 0.243 e. The van der Waals surface area contributed by atoms with Crippen LogP contribution in [-0.4, -0.2) is 73.4 Å². The molecule has 0 spiro atoms. The summed E-state index contributed by atoms with van der Waals surface area (Å²) in [4.78, 5) is 12.2. The van der Waals surface area contributed by atoms with Gasteiger partial charge in [0.25, 0.3) is 0 Å². The van der Waals surface area contributed by atoms with E-state index in [0.29, 0.717) is 33.6 Å². The van der Waals surface area contributed by atoms with Gasteiger partial charge in [0.05, 0.1) is 14.2 Å². The van der Waals surface area contributed by atoms with Crippen molar-refractivity contribution in [1.82, 2.24) is 19.7 Å². The molecule has 0 aliphatic carbocycles. The van der Waals surface area contributed by atoms with Gasteiger partial charge < -0.3 is 14.2 Å². The second kappa shape index (κ2) is 12.8. The number of rotatable bonds is 11. The van der Waals surface area contributed by atoms with Gasteiger partial charge in [-0.25, -0.2) is 18.4 Å². The molecule has 2 aromatic heterocycles. The molecule has 2 heterocycles. The first kappa shape index (κ1) is 29.7. The van der Waals surface area contributed by atoms with E-state index in [-0.39, 0.29) is 11.8 Å². The summed E-state index contributed by atoms with van der Waals surface area (Å²) in [6.45, 7) is 8.43. The molecule has 0 saturated carbocycles. The minimum atomic E-state index is -4.18. The van der Waals surface area contributed by atoms with Crippen molar-refractivity contribution in [2.45, 2.75) is 32.1 Å². The maximum atomic E-state index is 13.6. The molecule has 3 aromatic rings. The van der Waals surface area contributed by atoms with Crippen LogP contribution in [0, 0.1) is 6.92 Å². The lowest BCUT2D eigenvalue weighted by atomic mass is 10.2. The van der Waals surface area contributed by atoms with Gasteiger partial charge in [-0.3, -0.25) is 14.3 Å². The highest BCUT2D eigenvalue weighted by Gasteiger charge is 2.35. The average molecular weight is 576 g/mol. The second-order valence-electron chi connectivity index (χ2n) is 8.31. The van der Waals surface area contributed by atoms with Crippen LogP contribution >= 0.6 is 11.6 Å². The van der Waals surface area contributed by atoms with Crippen LogP contribution in [-0.2, 0) is 14.8 Å². The van der Waals surface area contributed by atoms with E-state index in [2.05, 4.69) is 36.6 Å². The number of sulfonamides is 1. The summed E-state index contributed by atoms with van der Waals surface area (Å²) in [5, 5.41) is 7.65. The van der Waals surface area contributed by atoms with Gasteiger partial charge in [0.15, 0.2) is 11.7 Å². The van der Waals surface area contributed by atoms with Crippen LogP contribution in [0.1, 0.15) is 19.4 Å². The highest BCUT2D eigenvalue weighted by atomic mass is 35.5. The standard InChI is InChI=1S/C25H30ClN7O5S/c1-15-11-18(14-28-12-15)24-30-31-25(33(24)21-19(36-5)9-8-10-20(21)37-6)32-39(34,35)17(3)22(38-7)23(27-4)29-13-16(2)26/h8-14,17,22H,4H2,1-3,5-7H3,(H,31,32)/b16-13+,29-23-/t17-,22-/m0/s1. The molecule has 0 unspecified atom stereocenters. The first-order valence-corrected chi connectivity index (χ1v) is 13.5. The highest BCUT2D eigenvalue weighted by Crippen LogP contribution is 2.37. The monoisotopic (exact) mass is 575 g/mol. The number of anilines is 1. The van der Waals surface area contributed by atoms with Gasteiger partial charge >= 0.3 is 0 Å². The van der Waals surface area contributed by atoms with E-state index in [9.17, 15) is 8.42 Å². The van der Waals surface area contributed by atoms with E-state index < -0.39 is 21.4 Å². The number of nitrogens with one attached hydrogen (secondary N) is 1. The quantitative estimate of drug-likeness (QED) is 0.267. The van der Waals surface area contributed by atoms with Crippen molar-refractivity contribution in [3.8, 4) is 28.6 Å². The Kier molecular flexibility index (Phi) is 9.78. The Balaban J connectivity index is 2.19. The Bertz CT molecular complexity index is 1480. The summed E-state index contributed by atoms with van der Waals surface area (Å²) >= 11 is 5.87. The number of hydrogen-bond acceptors (Lipinski definition) is 9. The number of nitrogens with zero attached hydrogens (tertiary/aromatic N) is 6. The molecular weight excluding hydrogens is 546 g/mol. The van der Waals surface area contributed by atoms with Crippen LogP contribution < -0.4 is 14.2 Å². The molecular formula is C25H30ClN7O5S. The average Bonchev–Trinajstić information content (AvgIpc) is 3.32. The number of benzene rings is 1. The predicted octanol–water partition coefficient (Wildman–Crippen LogP) is 4.00. The van der Waals surface area contributed by atoms with Crippen LogP contribution in [0.5, 0.6) is 11.5 Å². The SMILES string of the molecule is C=N/C(=N\C=C(/C)Cl)[C@@H](OC)[C@H](C)S(=O)(=O)Nc1nnc(-c2cncc(C)c2)n1-c1c(OC)cccc1OC. The largest absolute Gasteiger partial charge is 0.494 e. The zero-order valence-electron chi connectivity index (χ0n) is 22.4. The Morgan fingerprint density at radius 3 is 2.38 bits per heavy atom. The van der Waals surface area contributed by atoms with Crippen molar-refractivity contribution in [2.24, 2.45) is 9.98 Å². The fourth-order valence-corrected chi connectivity index (χ4v) is 4.91. The first-order valence-electron chi connectivity index (χ1n) is 11.6. The van der Waals surface area contributed by atoms with E-state index in [0.717, 1.165) is 5.56 Å². The van der Waals surface area contributed by atoms with E-state index in [1.807, 2.05) is 13.0 Å². The Labute approximate surface area is 232 Å². The van der Waals surface area contributed by atoms with Crippen molar-refractivity contribution in [1.29, 1.82) is 0 Å². The van der Waals surface area contributed by atoms with Crippen molar-refractivity contribution in [3.63, 3.8) is 0 Å². The number of amidine groups is 1. The lowest BCUT2D eigenvalue weighted by molar-refractivity contribution is 0.154. The fourth-order valence-electron chi connectivity index (χ4n) is 3.73. The predicted molar refractivity (Wildman–Crippen MR) is 152 cm³/mol. The van der Waals surface area contributed by atoms with Gasteiger partial charge in [-0.1, -0.05) is 17.7 Å². The highest BCUT2D eigenvalue weighted by molar-refractivity contribution is 7.93. The molecule has 12 nitrogen and oxygen atoms in total. The summed E-state index contributed by atoms with van der Waals surface area (Å²) < 4.78 is 48.0. The number of halogens is 1.